The summed E-state index contributed by atoms with van der Waals surface area (Å²) < 4.78 is 0. The highest BCUT2D eigenvalue weighted by Crippen LogP contribution is 2.22. The average Bonchev–Trinajstić information content (AvgIpc) is 2.84. The van der Waals surface area contributed by atoms with E-state index in [4.69, 9.17) is 5.73 Å². The van der Waals surface area contributed by atoms with Gasteiger partial charge in [0.25, 0.3) is 5.91 Å². The first-order valence-corrected chi connectivity index (χ1v) is 10.6. The summed E-state index contributed by atoms with van der Waals surface area (Å²) in [5, 5.41) is 12.3. The molecule has 0 aromatic heterocycles. The van der Waals surface area contributed by atoms with E-state index in [0.717, 1.165) is 27.8 Å². The number of anilines is 1. The molecule has 1 amide bonds. The number of carbonyl (C=O) groups is 2. The fourth-order valence-corrected chi connectivity index (χ4v) is 3.67. The largest absolute Gasteiger partial charge is 0.480 e. The number of hydrogen-bond acceptors (Lipinski definition) is 3. The number of rotatable bonds is 7. The number of carboxylic acids is 1. The van der Waals surface area contributed by atoms with E-state index in [1.807, 2.05) is 91.0 Å². The maximum absolute atomic E-state index is 12.7. The van der Waals surface area contributed by atoms with Crippen molar-refractivity contribution in [2.24, 2.45) is 0 Å². The Morgan fingerprint density at radius 3 is 1.94 bits per heavy atom. The molecule has 0 saturated heterocycles. The van der Waals surface area contributed by atoms with Crippen LogP contribution >= 0.6 is 0 Å². The van der Waals surface area contributed by atoms with Gasteiger partial charge in [0.15, 0.2) is 0 Å². The Balaban J connectivity index is 1.43. The van der Waals surface area contributed by atoms with E-state index in [-0.39, 0.29) is 6.42 Å². The van der Waals surface area contributed by atoms with Gasteiger partial charge in [-0.3, -0.25) is 4.79 Å². The van der Waals surface area contributed by atoms with Crippen molar-refractivity contribution >= 4 is 17.6 Å². The molecule has 0 aliphatic rings. The van der Waals surface area contributed by atoms with Crippen molar-refractivity contribution in [3.05, 3.63) is 114 Å². The Hall–Kier alpha value is -4.38. The fourth-order valence-electron chi connectivity index (χ4n) is 3.67. The predicted molar refractivity (Wildman–Crippen MR) is 131 cm³/mol. The normalized spacial score (nSPS) is 11.5. The molecule has 33 heavy (non-hydrogen) atoms. The van der Waals surface area contributed by atoms with Crippen molar-refractivity contribution in [3.8, 4) is 22.3 Å². The second-order valence-electron chi connectivity index (χ2n) is 7.83. The highest BCUT2D eigenvalue weighted by atomic mass is 16.4. The van der Waals surface area contributed by atoms with Crippen LogP contribution in [-0.4, -0.2) is 23.0 Å². The first-order valence-electron chi connectivity index (χ1n) is 10.6. The Labute approximate surface area is 192 Å². The van der Waals surface area contributed by atoms with E-state index in [0.29, 0.717) is 11.3 Å². The minimum Gasteiger partial charge on any atom is -0.480 e. The highest BCUT2D eigenvalue weighted by molar-refractivity contribution is 5.97. The molecule has 164 valence electrons. The van der Waals surface area contributed by atoms with Gasteiger partial charge in [-0.25, -0.2) is 4.79 Å². The summed E-state index contributed by atoms with van der Waals surface area (Å²) in [4.78, 5) is 24.5. The van der Waals surface area contributed by atoms with Gasteiger partial charge < -0.3 is 16.2 Å². The van der Waals surface area contributed by atoms with Crippen LogP contribution in [0.3, 0.4) is 0 Å². The van der Waals surface area contributed by atoms with Crippen LogP contribution in [-0.2, 0) is 11.2 Å². The van der Waals surface area contributed by atoms with Gasteiger partial charge in [-0.1, -0.05) is 78.9 Å². The van der Waals surface area contributed by atoms with E-state index >= 15 is 0 Å². The molecule has 1 unspecified atom stereocenters. The summed E-state index contributed by atoms with van der Waals surface area (Å²) in [7, 11) is 0. The summed E-state index contributed by atoms with van der Waals surface area (Å²) in [6.07, 6.45) is 0.192. The standard InChI is InChI=1S/C28H24N2O3/c29-25-8-4-7-24(18-25)22-13-15-23(16-14-22)27(31)30-26(28(32)33)17-19-9-11-21(12-10-19)20-5-2-1-3-6-20/h1-16,18,26H,17,29H2,(H,30,31)(H,32,33). The number of carbonyl (C=O) groups excluding carboxylic acids is 1. The summed E-state index contributed by atoms with van der Waals surface area (Å²) in [6.45, 7) is 0. The van der Waals surface area contributed by atoms with Crippen molar-refractivity contribution in [3.63, 3.8) is 0 Å². The molecule has 0 fully saturated rings. The zero-order chi connectivity index (χ0) is 23.2. The molecule has 5 nitrogen and oxygen atoms in total. The quantitative estimate of drug-likeness (QED) is 0.354. The van der Waals surface area contributed by atoms with Gasteiger partial charge in [0.2, 0.25) is 0 Å². The van der Waals surface area contributed by atoms with E-state index in [9.17, 15) is 14.7 Å². The third-order valence-corrected chi connectivity index (χ3v) is 5.47. The van der Waals surface area contributed by atoms with Crippen molar-refractivity contribution in [2.75, 3.05) is 5.73 Å². The number of benzene rings is 4. The Morgan fingerprint density at radius 1 is 0.727 bits per heavy atom. The molecule has 0 heterocycles. The number of amides is 1. The molecule has 4 N–H and O–H groups in total. The number of nitrogens with one attached hydrogen (secondary N) is 1. The van der Waals surface area contributed by atoms with Crippen molar-refractivity contribution < 1.29 is 14.7 Å². The summed E-state index contributed by atoms with van der Waals surface area (Å²) in [5.41, 5.74) is 11.7. The maximum Gasteiger partial charge on any atom is 0.326 e. The van der Waals surface area contributed by atoms with Crippen molar-refractivity contribution in [2.45, 2.75) is 12.5 Å². The lowest BCUT2D eigenvalue weighted by Crippen LogP contribution is -2.42. The lowest BCUT2D eigenvalue weighted by Gasteiger charge is -2.15. The minimum absolute atomic E-state index is 0.192. The lowest BCUT2D eigenvalue weighted by atomic mass is 10.00. The minimum atomic E-state index is -1.08. The second kappa shape index (κ2) is 9.83. The SMILES string of the molecule is Nc1cccc(-c2ccc(C(=O)NC(Cc3ccc(-c4ccccc4)cc3)C(=O)O)cc2)c1. The molecule has 5 heteroatoms. The number of hydrogen-bond donors (Lipinski definition) is 3. The number of nitrogens with two attached hydrogens (primary N) is 1. The van der Waals surface area contributed by atoms with Crippen LogP contribution < -0.4 is 11.1 Å². The Kier molecular flexibility index (Phi) is 6.51. The van der Waals surface area contributed by atoms with Gasteiger partial charge in [0, 0.05) is 17.7 Å². The maximum atomic E-state index is 12.7. The van der Waals surface area contributed by atoms with E-state index in [1.165, 1.54) is 0 Å². The Morgan fingerprint density at radius 2 is 1.30 bits per heavy atom. The second-order valence-corrected chi connectivity index (χ2v) is 7.83. The van der Waals surface area contributed by atoms with Crippen molar-refractivity contribution in [1.82, 2.24) is 5.32 Å². The average molecular weight is 437 g/mol. The topological polar surface area (TPSA) is 92.4 Å². The summed E-state index contributed by atoms with van der Waals surface area (Å²) in [5.74, 6) is -1.51. The van der Waals surface area contributed by atoms with Gasteiger partial charge in [0.1, 0.15) is 6.04 Å². The van der Waals surface area contributed by atoms with Crippen molar-refractivity contribution in [1.29, 1.82) is 0 Å². The van der Waals surface area contributed by atoms with E-state index < -0.39 is 17.9 Å². The van der Waals surface area contributed by atoms with E-state index in [2.05, 4.69) is 5.32 Å². The molecule has 4 aromatic carbocycles. The van der Waals surface area contributed by atoms with Crippen LogP contribution in [0.1, 0.15) is 15.9 Å². The zero-order valence-corrected chi connectivity index (χ0v) is 17.9. The molecular formula is C28H24N2O3. The highest BCUT2D eigenvalue weighted by Gasteiger charge is 2.21. The van der Waals surface area contributed by atoms with Gasteiger partial charge in [-0.2, -0.15) is 0 Å². The third-order valence-electron chi connectivity index (χ3n) is 5.47. The van der Waals surface area contributed by atoms with Crippen LogP contribution in [0.2, 0.25) is 0 Å². The molecule has 4 aromatic rings. The molecule has 0 bridgehead atoms. The molecule has 0 aliphatic heterocycles. The van der Waals surface area contributed by atoms with Gasteiger partial charge >= 0.3 is 5.97 Å². The first kappa shape index (κ1) is 21.8. The van der Waals surface area contributed by atoms with E-state index in [1.54, 1.807) is 12.1 Å². The van der Waals surface area contributed by atoms with Crippen LogP contribution in [0.5, 0.6) is 0 Å². The van der Waals surface area contributed by atoms with Gasteiger partial charge in [-0.05, 0) is 52.1 Å². The first-order chi connectivity index (χ1) is 16.0. The molecule has 0 aliphatic carbocycles. The number of aliphatic carboxylic acids is 1. The van der Waals surface area contributed by atoms with Crippen LogP contribution in [0, 0.1) is 0 Å². The van der Waals surface area contributed by atoms with Gasteiger partial charge in [-0.15, -0.1) is 0 Å². The summed E-state index contributed by atoms with van der Waals surface area (Å²) in [6, 6.07) is 31.1. The fraction of sp³-hybridized carbons (Fsp3) is 0.0714. The van der Waals surface area contributed by atoms with Crippen LogP contribution in [0.4, 0.5) is 5.69 Å². The monoisotopic (exact) mass is 436 g/mol. The molecule has 1 atom stereocenters. The Bertz CT molecular complexity index is 1250. The predicted octanol–water partition coefficient (Wildman–Crippen LogP) is 5.03. The lowest BCUT2D eigenvalue weighted by molar-refractivity contribution is -0.139. The molecule has 4 rings (SSSR count). The van der Waals surface area contributed by atoms with Crippen LogP contribution in [0.25, 0.3) is 22.3 Å². The summed E-state index contributed by atoms with van der Waals surface area (Å²) >= 11 is 0. The van der Waals surface area contributed by atoms with Crippen LogP contribution in [0.15, 0.2) is 103 Å². The molecule has 0 radical (unpaired) electrons. The van der Waals surface area contributed by atoms with Gasteiger partial charge in [0.05, 0.1) is 0 Å². The molecule has 0 saturated carbocycles. The molecular weight excluding hydrogens is 412 g/mol. The zero-order valence-electron chi connectivity index (χ0n) is 17.9. The number of carboxylic acid groups (broad SMARTS) is 1. The molecule has 0 spiro atoms. The smallest absolute Gasteiger partial charge is 0.326 e. The third kappa shape index (κ3) is 5.46. The number of nitrogen functional groups attached to an aromatic ring is 1.